The Kier molecular flexibility index (Phi) is 7.80. The molecule has 282 valence electrons. The van der Waals surface area contributed by atoms with Gasteiger partial charge in [-0.2, -0.15) is 0 Å². The topological polar surface area (TPSA) is 258 Å². The first-order chi connectivity index (χ1) is 25.0. The predicted molar refractivity (Wildman–Crippen MR) is 177 cm³/mol. The van der Waals surface area contributed by atoms with Crippen molar-refractivity contribution in [2.75, 3.05) is 0 Å². The summed E-state index contributed by atoms with van der Waals surface area (Å²) in [7, 11) is 0. The molecule has 0 aromatic heterocycles. The van der Waals surface area contributed by atoms with Crippen molar-refractivity contribution in [1.82, 2.24) is 0 Å². The fraction of sp³-hybridized carbons (Fsp3) is 0.421. The summed E-state index contributed by atoms with van der Waals surface area (Å²) in [5, 5.41) is 45.8. The highest BCUT2D eigenvalue weighted by molar-refractivity contribution is 6.38. The summed E-state index contributed by atoms with van der Waals surface area (Å²) in [6.07, 6.45) is -3.76. The zero-order valence-corrected chi connectivity index (χ0v) is 29.7. The molecule has 54 heavy (non-hydrogen) atoms. The Morgan fingerprint density at radius 2 is 1.33 bits per heavy atom. The number of allylic oxidation sites excluding steroid dienone is 1. The van der Waals surface area contributed by atoms with Gasteiger partial charge in [-0.05, 0) is 52.0 Å². The van der Waals surface area contributed by atoms with Crippen LogP contribution in [0.3, 0.4) is 0 Å². The van der Waals surface area contributed by atoms with E-state index in [1.807, 2.05) is 0 Å². The molecule has 7 rings (SSSR count). The summed E-state index contributed by atoms with van der Waals surface area (Å²) < 4.78 is 21.8. The van der Waals surface area contributed by atoms with Gasteiger partial charge >= 0.3 is 17.9 Å². The number of aliphatic hydroxyl groups is 2. The first-order valence-corrected chi connectivity index (χ1v) is 16.9. The number of ether oxygens (including phenoxy) is 4. The molecule has 1 saturated carbocycles. The predicted octanol–water partition coefficient (Wildman–Crippen LogP) is 1.63. The second-order valence-electron chi connectivity index (χ2n) is 14.9. The summed E-state index contributed by atoms with van der Waals surface area (Å²) in [4.78, 5) is 107. The fourth-order valence-electron chi connectivity index (χ4n) is 9.24. The molecule has 8 atom stereocenters. The van der Waals surface area contributed by atoms with E-state index in [-0.39, 0.29) is 22.3 Å². The highest BCUT2D eigenvalue weighted by Crippen LogP contribution is 2.66. The first kappa shape index (κ1) is 36.8. The monoisotopic (exact) mass is 746 g/mol. The third-order valence-electron chi connectivity index (χ3n) is 11.1. The summed E-state index contributed by atoms with van der Waals surface area (Å²) in [5.74, 6) is -13.0. The molecule has 0 spiro atoms. The maximum Gasteiger partial charge on any atom is 0.348 e. The second kappa shape index (κ2) is 11.5. The van der Waals surface area contributed by atoms with Crippen LogP contribution in [0.25, 0.3) is 11.1 Å². The van der Waals surface area contributed by atoms with Crippen LogP contribution >= 0.6 is 0 Å². The number of hydrogen-bond acceptors (Lipinski definition) is 16. The largest absolute Gasteiger partial charge is 0.506 e. The van der Waals surface area contributed by atoms with Crippen LogP contribution in [-0.2, 0) is 38.2 Å². The van der Waals surface area contributed by atoms with Crippen LogP contribution in [0.15, 0.2) is 35.4 Å². The first-order valence-electron chi connectivity index (χ1n) is 16.9. The van der Waals surface area contributed by atoms with E-state index < -0.39 is 140 Å². The van der Waals surface area contributed by atoms with E-state index in [0.29, 0.717) is 0 Å². The summed E-state index contributed by atoms with van der Waals surface area (Å²) in [5.41, 5.74) is -12.4. The number of hydrogen-bond donors (Lipinski definition) is 4. The maximum absolute atomic E-state index is 14.4. The fourth-order valence-corrected chi connectivity index (χ4v) is 9.24. The lowest BCUT2D eigenvalue weighted by Crippen LogP contribution is -2.64. The van der Waals surface area contributed by atoms with E-state index in [0.717, 1.165) is 38.1 Å². The van der Waals surface area contributed by atoms with E-state index in [1.54, 1.807) is 0 Å². The zero-order valence-electron chi connectivity index (χ0n) is 29.7. The number of rotatable bonds is 5. The molecule has 1 saturated heterocycles. The lowest BCUT2D eigenvalue weighted by molar-refractivity contribution is -0.172. The molecular formula is C38H34O16. The van der Waals surface area contributed by atoms with Gasteiger partial charge in [0.1, 0.15) is 35.0 Å². The smallest absolute Gasteiger partial charge is 0.348 e. The van der Waals surface area contributed by atoms with Crippen LogP contribution in [0.4, 0.5) is 0 Å². The molecule has 0 bridgehead atoms. The third kappa shape index (κ3) is 4.66. The molecule has 16 nitrogen and oxygen atoms in total. The van der Waals surface area contributed by atoms with Crippen LogP contribution in [-0.4, -0.2) is 102 Å². The van der Waals surface area contributed by atoms with E-state index in [9.17, 15) is 58.8 Å². The third-order valence-corrected chi connectivity index (χ3v) is 11.1. The molecule has 5 aliphatic rings. The Labute approximate surface area is 305 Å². The lowest BCUT2D eigenvalue weighted by Gasteiger charge is -2.42. The molecule has 4 N–H and O–H groups in total. The van der Waals surface area contributed by atoms with Crippen molar-refractivity contribution in [1.29, 1.82) is 0 Å². The average molecular weight is 747 g/mol. The van der Waals surface area contributed by atoms with Crippen molar-refractivity contribution in [3.63, 3.8) is 0 Å². The SMILES string of the molecule is CC(=O)OC(C)[C@H]1[C@@](C)(O)CC(=O)[C@]23O[C@]12C(=O)Oc1ccc(-c2ccc4c(c2O)C(=O)C2=C(C4=O)[C@@H]([C@H](C)OC(C)=O)[C@@](C)(O)CC2=O)c(O)c1C3=O. The Morgan fingerprint density at radius 1 is 0.778 bits per heavy atom. The van der Waals surface area contributed by atoms with Gasteiger partial charge in [0, 0.05) is 49.0 Å². The Balaban J connectivity index is 1.34. The molecule has 2 fully saturated rings. The van der Waals surface area contributed by atoms with E-state index in [1.165, 1.54) is 27.7 Å². The number of carbonyl (C=O) groups excluding carboxylic acids is 8. The van der Waals surface area contributed by atoms with Crippen molar-refractivity contribution >= 4 is 46.8 Å². The minimum absolute atomic E-state index is 0.317. The summed E-state index contributed by atoms with van der Waals surface area (Å²) in [6.45, 7) is 7.43. The van der Waals surface area contributed by atoms with Gasteiger partial charge in [-0.15, -0.1) is 0 Å². The van der Waals surface area contributed by atoms with Crippen molar-refractivity contribution in [2.45, 2.75) is 89.0 Å². The second-order valence-corrected chi connectivity index (χ2v) is 14.9. The quantitative estimate of drug-likeness (QED) is 0.111. The molecule has 16 heteroatoms. The van der Waals surface area contributed by atoms with Crippen molar-refractivity contribution in [3.8, 4) is 28.4 Å². The molecule has 0 radical (unpaired) electrons. The highest BCUT2D eigenvalue weighted by Gasteiger charge is 2.91. The standard InChI is InChI=1S/C38H34O16/c1-13(51-15(3)39)27-26-24(20(41)11-35(27,5)49)31(46)23-19(30(26)45)8-7-17(28(23)43)18-9-10-21-25(29(18)44)33(47)37-22(42)12-36(6,50)32(14(2)52-16(4)40)38(37,54-37)34(48)53-21/h7-10,13-14,27,32,43-44,49-50H,11-12H2,1-6H3/t13-,14?,27+,32-,35-,36-,37+,38-/m0/s1. The number of aromatic hydroxyl groups is 2. The summed E-state index contributed by atoms with van der Waals surface area (Å²) >= 11 is 0. The zero-order chi connectivity index (χ0) is 39.8. The Bertz CT molecular complexity index is 2240. The normalized spacial score (nSPS) is 32.2. The molecule has 3 aliphatic carbocycles. The van der Waals surface area contributed by atoms with Crippen LogP contribution in [0.1, 0.15) is 85.5 Å². The lowest BCUT2D eigenvalue weighted by atomic mass is 9.61. The number of fused-ring (bicyclic) bond motifs is 2. The molecule has 2 aliphatic heterocycles. The minimum Gasteiger partial charge on any atom is -0.506 e. The number of Topliss-reactive ketones (excluding diaryl/α,β-unsaturated/α-hetero) is 5. The van der Waals surface area contributed by atoms with E-state index in [4.69, 9.17) is 18.9 Å². The molecule has 2 aromatic carbocycles. The van der Waals surface area contributed by atoms with Gasteiger partial charge in [-0.25, -0.2) is 4.79 Å². The van der Waals surface area contributed by atoms with Gasteiger partial charge in [-0.1, -0.05) is 0 Å². The van der Waals surface area contributed by atoms with Crippen LogP contribution in [0.2, 0.25) is 0 Å². The number of epoxide rings is 1. The molecule has 1 unspecified atom stereocenters. The molecule has 2 aromatic rings. The van der Waals surface area contributed by atoms with Crippen LogP contribution in [0, 0.1) is 11.8 Å². The number of benzene rings is 2. The van der Waals surface area contributed by atoms with Gasteiger partial charge < -0.3 is 39.4 Å². The number of phenolic OH excluding ortho intramolecular Hbond substituents is 2. The average Bonchev–Trinajstić information content (AvgIpc) is 3.75. The molecular weight excluding hydrogens is 712 g/mol. The number of carbonyl (C=O) groups is 8. The van der Waals surface area contributed by atoms with Gasteiger partial charge in [0.15, 0.2) is 17.3 Å². The highest BCUT2D eigenvalue weighted by atomic mass is 16.7. The van der Waals surface area contributed by atoms with Crippen molar-refractivity contribution in [2.24, 2.45) is 11.8 Å². The number of phenols is 2. The van der Waals surface area contributed by atoms with Gasteiger partial charge in [0.2, 0.25) is 22.8 Å². The van der Waals surface area contributed by atoms with Crippen molar-refractivity contribution < 1.29 is 77.7 Å². The van der Waals surface area contributed by atoms with Crippen LogP contribution < -0.4 is 4.74 Å². The van der Waals surface area contributed by atoms with Gasteiger partial charge in [0.25, 0.3) is 0 Å². The van der Waals surface area contributed by atoms with Gasteiger partial charge in [-0.3, -0.25) is 33.6 Å². The Morgan fingerprint density at radius 3 is 1.94 bits per heavy atom. The van der Waals surface area contributed by atoms with Crippen LogP contribution in [0.5, 0.6) is 17.2 Å². The van der Waals surface area contributed by atoms with E-state index >= 15 is 0 Å². The van der Waals surface area contributed by atoms with Gasteiger partial charge in [0.05, 0.1) is 34.2 Å². The molecule has 0 amide bonds. The summed E-state index contributed by atoms with van der Waals surface area (Å²) in [6, 6.07) is 4.48. The minimum atomic E-state index is -2.60. The maximum atomic E-state index is 14.4. The number of esters is 3. The number of ketones is 5. The van der Waals surface area contributed by atoms with Crippen molar-refractivity contribution in [3.05, 3.63) is 52.1 Å². The molecule has 2 heterocycles. The van der Waals surface area contributed by atoms with E-state index in [2.05, 4.69) is 0 Å². The Hall–Kier alpha value is -5.58.